The van der Waals surface area contributed by atoms with E-state index in [0.717, 1.165) is 15.8 Å². The number of nitrogens with zero attached hydrogens (tertiary/aromatic N) is 2. The number of rotatable bonds is 5. The lowest BCUT2D eigenvalue weighted by molar-refractivity contribution is -0.138. The van der Waals surface area contributed by atoms with Crippen molar-refractivity contribution in [2.24, 2.45) is 0 Å². The number of carbonyl (C=O) groups is 3. The Morgan fingerprint density at radius 2 is 2.00 bits per heavy atom. The fourth-order valence-electron chi connectivity index (χ4n) is 1.60. The minimum Gasteiger partial charge on any atom is -0.286 e. The van der Waals surface area contributed by atoms with Crippen LogP contribution in [-0.2, 0) is 14.4 Å². The summed E-state index contributed by atoms with van der Waals surface area (Å²) in [6, 6.07) is 5.47. The lowest BCUT2D eigenvalue weighted by atomic mass is 10.4. The van der Waals surface area contributed by atoms with Gasteiger partial charge in [-0.2, -0.15) is 0 Å². The van der Waals surface area contributed by atoms with Crippen LogP contribution in [0, 0.1) is 0 Å². The first-order valence-electron chi connectivity index (χ1n) is 5.78. The summed E-state index contributed by atoms with van der Waals surface area (Å²) in [6.45, 7) is 0.187. The van der Waals surface area contributed by atoms with Crippen molar-refractivity contribution in [3.05, 3.63) is 24.4 Å². The second-order valence-corrected chi connectivity index (χ2v) is 6.10. The van der Waals surface area contributed by atoms with Crippen LogP contribution in [0.5, 0.6) is 0 Å². The minimum absolute atomic E-state index is 0.0665. The van der Waals surface area contributed by atoms with Crippen LogP contribution in [0.3, 0.4) is 0 Å². The van der Waals surface area contributed by atoms with Gasteiger partial charge in [-0.25, -0.2) is 4.98 Å². The molecule has 1 aliphatic rings. The molecule has 0 atom stereocenters. The summed E-state index contributed by atoms with van der Waals surface area (Å²) in [7, 11) is 2.36. The van der Waals surface area contributed by atoms with Crippen LogP contribution < -0.4 is 0 Å². The van der Waals surface area contributed by atoms with Crippen molar-refractivity contribution >= 4 is 38.5 Å². The van der Waals surface area contributed by atoms with Crippen LogP contribution in [0.15, 0.2) is 29.4 Å². The molecule has 1 fully saturated rings. The zero-order valence-corrected chi connectivity index (χ0v) is 11.7. The molecule has 0 aliphatic carbocycles. The number of likely N-dealkylation sites (tertiary alicyclic amines) is 1. The van der Waals surface area contributed by atoms with Gasteiger partial charge >= 0.3 is 0 Å². The SMILES string of the molecule is O=C(CCN1C(=O)CCC1=O)SSc1ccccn1. The number of hydrogen-bond donors (Lipinski definition) is 0. The van der Waals surface area contributed by atoms with Gasteiger partial charge in [0.15, 0.2) is 0 Å². The van der Waals surface area contributed by atoms with Gasteiger partial charge in [-0.05, 0) is 33.7 Å². The van der Waals surface area contributed by atoms with E-state index in [1.165, 1.54) is 15.7 Å². The number of hydrogen-bond acceptors (Lipinski definition) is 6. The average Bonchev–Trinajstić information content (AvgIpc) is 2.75. The van der Waals surface area contributed by atoms with E-state index in [4.69, 9.17) is 0 Å². The van der Waals surface area contributed by atoms with Gasteiger partial charge in [-0.3, -0.25) is 19.3 Å². The van der Waals surface area contributed by atoms with Crippen molar-refractivity contribution in [1.29, 1.82) is 0 Å². The molecule has 0 aromatic carbocycles. The highest BCUT2D eigenvalue weighted by Crippen LogP contribution is 2.30. The number of aromatic nitrogens is 1. The molecular weight excluding hydrogens is 284 g/mol. The molecule has 2 rings (SSSR count). The van der Waals surface area contributed by atoms with E-state index in [-0.39, 0.29) is 42.7 Å². The first kappa shape index (κ1) is 14.1. The maximum Gasteiger partial charge on any atom is 0.229 e. The zero-order valence-electron chi connectivity index (χ0n) is 10.1. The highest BCUT2D eigenvalue weighted by molar-refractivity contribution is 8.82. The van der Waals surface area contributed by atoms with Crippen molar-refractivity contribution in [2.75, 3.05) is 6.54 Å². The number of amides is 2. The molecule has 0 unspecified atom stereocenters. The van der Waals surface area contributed by atoms with Crippen molar-refractivity contribution in [1.82, 2.24) is 9.88 Å². The predicted octanol–water partition coefficient (Wildman–Crippen LogP) is 1.89. The maximum atomic E-state index is 11.7. The normalized spacial score (nSPS) is 15.1. The molecule has 0 bridgehead atoms. The molecule has 1 aromatic heterocycles. The molecule has 1 aliphatic heterocycles. The Morgan fingerprint density at radius 1 is 1.26 bits per heavy atom. The largest absolute Gasteiger partial charge is 0.286 e. The Balaban J connectivity index is 1.73. The standard InChI is InChI=1S/C12H12N2O3S2/c15-10-4-5-11(16)14(10)8-6-12(17)19-18-9-3-1-2-7-13-9/h1-3,7H,4-6,8H2. The molecule has 2 heterocycles. The van der Waals surface area contributed by atoms with E-state index in [1.54, 1.807) is 12.3 Å². The first-order valence-corrected chi connectivity index (χ1v) is 7.93. The molecule has 2 amide bonds. The molecule has 0 spiro atoms. The van der Waals surface area contributed by atoms with E-state index < -0.39 is 0 Å². The van der Waals surface area contributed by atoms with Crippen LogP contribution >= 0.6 is 21.6 Å². The van der Waals surface area contributed by atoms with Crippen molar-refractivity contribution in [3.8, 4) is 0 Å². The number of pyridine rings is 1. The Kier molecular flexibility index (Phi) is 4.98. The Morgan fingerprint density at radius 3 is 2.63 bits per heavy atom. The summed E-state index contributed by atoms with van der Waals surface area (Å²) >= 11 is 0. The summed E-state index contributed by atoms with van der Waals surface area (Å²) in [6.07, 6.45) is 2.38. The molecule has 19 heavy (non-hydrogen) atoms. The summed E-state index contributed by atoms with van der Waals surface area (Å²) in [4.78, 5) is 39.6. The van der Waals surface area contributed by atoms with Crippen molar-refractivity contribution in [2.45, 2.75) is 24.3 Å². The quantitative estimate of drug-likeness (QED) is 0.610. The topological polar surface area (TPSA) is 67.3 Å². The van der Waals surface area contributed by atoms with Gasteiger partial charge in [-0.1, -0.05) is 6.07 Å². The van der Waals surface area contributed by atoms with E-state index >= 15 is 0 Å². The van der Waals surface area contributed by atoms with Crippen LogP contribution in [0.2, 0.25) is 0 Å². The van der Waals surface area contributed by atoms with Gasteiger partial charge in [0.05, 0.1) is 0 Å². The molecule has 100 valence electrons. The third kappa shape index (κ3) is 4.07. The highest BCUT2D eigenvalue weighted by atomic mass is 33.1. The number of imide groups is 1. The molecule has 1 aromatic rings. The van der Waals surface area contributed by atoms with E-state index in [1.807, 2.05) is 12.1 Å². The smallest absolute Gasteiger partial charge is 0.229 e. The Hall–Kier alpha value is -1.34. The molecule has 0 radical (unpaired) electrons. The molecule has 1 saturated heterocycles. The van der Waals surface area contributed by atoms with E-state index in [2.05, 4.69) is 4.98 Å². The van der Waals surface area contributed by atoms with Gasteiger partial charge in [0.1, 0.15) is 5.03 Å². The van der Waals surface area contributed by atoms with Crippen LogP contribution in [0.4, 0.5) is 0 Å². The van der Waals surface area contributed by atoms with Gasteiger partial charge < -0.3 is 0 Å². The lowest BCUT2D eigenvalue weighted by Crippen LogP contribution is -2.30. The molecule has 7 heteroatoms. The van der Waals surface area contributed by atoms with E-state index in [0.29, 0.717) is 0 Å². The first-order chi connectivity index (χ1) is 9.16. The molecular formula is C12H12N2O3S2. The predicted molar refractivity (Wildman–Crippen MR) is 73.3 cm³/mol. The fraction of sp³-hybridized carbons (Fsp3) is 0.333. The third-order valence-electron chi connectivity index (χ3n) is 2.55. The van der Waals surface area contributed by atoms with Crippen LogP contribution in [0.25, 0.3) is 0 Å². The van der Waals surface area contributed by atoms with Crippen LogP contribution in [0.1, 0.15) is 19.3 Å². The summed E-state index contributed by atoms with van der Waals surface area (Å²) in [5, 5.41) is 0.692. The van der Waals surface area contributed by atoms with Crippen molar-refractivity contribution in [3.63, 3.8) is 0 Å². The summed E-state index contributed by atoms with van der Waals surface area (Å²) < 4.78 is 0. The lowest BCUT2D eigenvalue weighted by Gasteiger charge is -2.12. The van der Waals surface area contributed by atoms with Gasteiger partial charge in [0, 0.05) is 32.0 Å². The maximum absolute atomic E-state index is 11.7. The monoisotopic (exact) mass is 296 g/mol. The molecule has 0 N–H and O–H groups in total. The molecule has 0 saturated carbocycles. The second kappa shape index (κ2) is 6.72. The van der Waals surface area contributed by atoms with Gasteiger partial charge in [0.25, 0.3) is 0 Å². The zero-order chi connectivity index (χ0) is 13.7. The fourth-order valence-corrected chi connectivity index (χ4v) is 3.27. The Labute approximate surface area is 118 Å². The van der Waals surface area contributed by atoms with Gasteiger partial charge in [0.2, 0.25) is 16.9 Å². The summed E-state index contributed by atoms with van der Waals surface area (Å²) in [5.74, 6) is -0.361. The third-order valence-corrected chi connectivity index (χ3v) is 4.76. The van der Waals surface area contributed by atoms with E-state index in [9.17, 15) is 14.4 Å². The molecule has 5 nitrogen and oxygen atoms in total. The highest BCUT2D eigenvalue weighted by Gasteiger charge is 2.28. The number of carbonyl (C=O) groups excluding carboxylic acids is 3. The second-order valence-electron chi connectivity index (χ2n) is 3.90. The summed E-state index contributed by atoms with van der Waals surface area (Å²) in [5.41, 5.74) is 0. The van der Waals surface area contributed by atoms with Crippen molar-refractivity contribution < 1.29 is 14.4 Å². The van der Waals surface area contributed by atoms with Gasteiger partial charge in [-0.15, -0.1) is 0 Å². The minimum atomic E-state index is -0.180. The average molecular weight is 296 g/mol. The van der Waals surface area contributed by atoms with Crippen LogP contribution in [-0.4, -0.2) is 33.4 Å². The Bertz CT molecular complexity index is 477.